The van der Waals surface area contributed by atoms with Crippen molar-refractivity contribution in [1.29, 1.82) is 0 Å². The van der Waals surface area contributed by atoms with Crippen LogP contribution >= 0.6 is 0 Å². The first kappa shape index (κ1) is 31.6. The molecule has 2 aliphatic heterocycles. The number of hydrogen-bond donors (Lipinski definition) is 2. The second-order valence-corrected chi connectivity index (χ2v) is 12.2. The minimum Gasteiger partial charge on any atom is -0.434 e. The molecule has 3 N–H and O–H groups in total. The van der Waals surface area contributed by atoms with Crippen molar-refractivity contribution in [3.8, 4) is 11.6 Å². The van der Waals surface area contributed by atoms with Gasteiger partial charge in [0.2, 0.25) is 5.91 Å². The fraction of sp³-hybridized carbons (Fsp3) is 0.633. The Kier molecular flexibility index (Phi) is 10.3. The molecule has 0 aliphatic carbocycles. The summed E-state index contributed by atoms with van der Waals surface area (Å²) in [4.78, 5) is 35.2. The quantitative estimate of drug-likeness (QED) is 0.322. The van der Waals surface area contributed by atoms with Gasteiger partial charge in [-0.2, -0.15) is 0 Å². The van der Waals surface area contributed by atoms with Crippen LogP contribution in [-0.2, 0) is 4.79 Å². The van der Waals surface area contributed by atoms with Crippen molar-refractivity contribution in [1.82, 2.24) is 30.3 Å². The Labute approximate surface area is 248 Å². The third kappa shape index (κ3) is 7.33. The second-order valence-electron chi connectivity index (χ2n) is 12.2. The van der Waals surface area contributed by atoms with Crippen molar-refractivity contribution in [2.24, 2.45) is 17.1 Å². The van der Waals surface area contributed by atoms with Crippen LogP contribution in [0, 0.1) is 17.2 Å². The van der Waals surface area contributed by atoms with Gasteiger partial charge in [-0.3, -0.25) is 14.5 Å². The summed E-state index contributed by atoms with van der Waals surface area (Å²) in [5.74, 6) is 0.386. The van der Waals surface area contributed by atoms with E-state index in [1.165, 1.54) is 24.5 Å². The van der Waals surface area contributed by atoms with Crippen molar-refractivity contribution in [3.63, 3.8) is 0 Å². The molecular weight excluding hydrogens is 539 g/mol. The maximum atomic E-state index is 14.2. The van der Waals surface area contributed by atoms with Gasteiger partial charge in [-0.1, -0.05) is 13.8 Å². The van der Waals surface area contributed by atoms with E-state index in [-0.39, 0.29) is 40.5 Å². The van der Waals surface area contributed by atoms with E-state index in [0.717, 1.165) is 45.6 Å². The number of nitrogens with zero attached hydrogens (tertiary/aromatic N) is 6. The minimum absolute atomic E-state index is 0.0522. The number of nitrogens with one attached hydrogen (secondary N) is 1. The summed E-state index contributed by atoms with van der Waals surface area (Å²) in [6.07, 6.45) is 3.78. The van der Waals surface area contributed by atoms with E-state index in [1.54, 1.807) is 4.90 Å². The molecule has 4 rings (SSSR count). The Bertz CT molecular complexity index is 1240. The van der Waals surface area contributed by atoms with Crippen molar-refractivity contribution < 1.29 is 18.7 Å². The molecule has 1 aromatic heterocycles. The Morgan fingerprint density at radius 1 is 1.19 bits per heavy atom. The third-order valence-corrected chi connectivity index (χ3v) is 8.39. The first-order chi connectivity index (χ1) is 20.0. The fourth-order valence-electron chi connectivity index (χ4n) is 6.25. The van der Waals surface area contributed by atoms with E-state index in [1.807, 2.05) is 20.8 Å². The predicted molar refractivity (Wildman–Crippen MR) is 159 cm³/mol. The van der Waals surface area contributed by atoms with Gasteiger partial charge in [0.1, 0.15) is 17.9 Å². The van der Waals surface area contributed by atoms with Gasteiger partial charge in [0.05, 0.1) is 5.56 Å². The number of carbonyl (C=O) groups is 2. The number of amides is 2. The summed E-state index contributed by atoms with van der Waals surface area (Å²) in [6.45, 7) is 15.8. The number of rotatable bonds is 14. The van der Waals surface area contributed by atoms with Gasteiger partial charge in [-0.25, -0.2) is 9.37 Å². The molecule has 1 atom stereocenters. The summed E-state index contributed by atoms with van der Waals surface area (Å²) < 4.78 is 20.4. The molecule has 2 amide bonds. The van der Waals surface area contributed by atoms with Crippen molar-refractivity contribution in [2.45, 2.75) is 66.0 Å². The Balaban J connectivity index is 1.43. The summed E-state index contributed by atoms with van der Waals surface area (Å²) in [6, 6.07) is 4.34. The first-order valence-corrected chi connectivity index (χ1v) is 15.0. The van der Waals surface area contributed by atoms with Crippen LogP contribution in [0.1, 0.15) is 64.2 Å². The first-order valence-electron chi connectivity index (χ1n) is 15.0. The van der Waals surface area contributed by atoms with E-state index in [0.29, 0.717) is 37.3 Å². The van der Waals surface area contributed by atoms with Gasteiger partial charge in [0, 0.05) is 63.2 Å². The lowest BCUT2D eigenvalue weighted by atomic mass is 9.76. The zero-order valence-corrected chi connectivity index (χ0v) is 25.5. The average Bonchev–Trinajstić information content (AvgIpc) is 3.37. The molecule has 12 heteroatoms. The van der Waals surface area contributed by atoms with E-state index in [4.69, 9.17) is 10.5 Å². The molecule has 230 valence electrons. The molecule has 2 aromatic rings. The molecule has 1 aromatic carbocycles. The molecule has 2 aliphatic rings. The lowest BCUT2D eigenvalue weighted by Crippen LogP contribution is -2.62. The van der Waals surface area contributed by atoms with Crippen LogP contribution in [0.15, 0.2) is 24.5 Å². The summed E-state index contributed by atoms with van der Waals surface area (Å²) in [5, 5.41) is 11.5. The summed E-state index contributed by atoms with van der Waals surface area (Å²) >= 11 is 0. The zero-order valence-electron chi connectivity index (χ0n) is 25.5. The Morgan fingerprint density at radius 2 is 1.95 bits per heavy atom. The van der Waals surface area contributed by atoms with Gasteiger partial charge in [-0.15, -0.1) is 10.2 Å². The van der Waals surface area contributed by atoms with Gasteiger partial charge in [-0.05, 0) is 64.3 Å². The highest BCUT2D eigenvalue weighted by Gasteiger charge is 2.50. The van der Waals surface area contributed by atoms with Crippen LogP contribution in [0.4, 0.5) is 10.2 Å². The number of benzene rings is 1. The van der Waals surface area contributed by atoms with Crippen molar-refractivity contribution in [2.75, 3.05) is 50.7 Å². The number of aromatic nitrogens is 3. The average molecular weight is 585 g/mol. The molecule has 0 bridgehead atoms. The Hall–Kier alpha value is -3.38. The lowest BCUT2D eigenvalue weighted by molar-refractivity contribution is -0.117. The Morgan fingerprint density at radius 3 is 2.62 bits per heavy atom. The van der Waals surface area contributed by atoms with Crippen molar-refractivity contribution >= 4 is 17.6 Å². The maximum absolute atomic E-state index is 14.2. The highest BCUT2D eigenvalue weighted by Crippen LogP contribution is 2.44. The van der Waals surface area contributed by atoms with Crippen LogP contribution in [0.3, 0.4) is 0 Å². The van der Waals surface area contributed by atoms with E-state index >= 15 is 0 Å². The summed E-state index contributed by atoms with van der Waals surface area (Å²) in [5.41, 5.74) is 5.53. The highest BCUT2D eigenvalue weighted by atomic mass is 19.1. The van der Waals surface area contributed by atoms with E-state index < -0.39 is 5.82 Å². The van der Waals surface area contributed by atoms with E-state index in [2.05, 4.69) is 44.1 Å². The molecule has 42 heavy (non-hydrogen) atoms. The molecule has 0 unspecified atom stereocenters. The standard InChI is InChI=1S/C30H45FN8O3/c1-6-39(21(4)5)29(41)23-15-22(31)7-8-25(23)42-28-27(34-19-35-36-28)37-14-11-30(16-37)17-38(18-30)24(20(2)3)9-12-33-13-10-26(32)40/h7-8,15,19-21,24,33H,6,9-14,16-18H2,1-5H3,(H2,32,40)/t24-/m1/s1. The number of ether oxygens (including phenoxy) is 1. The van der Waals surface area contributed by atoms with Crippen LogP contribution in [0.5, 0.6) is 11.6 Å². The monoisotopic (exact) mass is 584 g/mol. The molecule has 11 nitrogen and oxygen atoms in total. The second kappa shape index (κ2) is 13.7. The molecule has 0 saturated carbocycles. The van der Waals surface area contributed by atoms with Gasteiger partial charge < -0.3 is 25.6 Å². The molecule has 2 fully saturated rings. The molecule has 3 heterocycles. The predicted octanol–water partition coefficient (Wildman–Crippen LogP) is 3.07. The smallest absolute Gasteiger partial charge is 0.282 e. The molecule has 0 radical (unpaired) electrons. The van der Waals surface area contributed by atoms with Gasteiger partial charge in [0.15, 0.2) is 5.82 Å². The van der Waals surface area contributed by atoms with Gasteiger partial charge in [0.25, 0.3) is 11.8 Å². The summed E-state index contributed by atoms with van der Waals surface area (Å²) in [7, 11) is 0. The van der Waals surface area contributed by atoms with Crippen molar-refractivity contribution in [3.05, 3.63) is 35.9 Å². The van der Waals surface area contributed by atoms with E-state index in [9.17, 15) is 14.0 Å². The number of anilines is 1. The molecule has 1 spiro atoms. The largest absolute Gasteiger partial charge is 0.434 e. The fourth-order valence-corrected chi connectivity index (χ4v) is 6.25. The number of hydrogen-bond acceptors (Lipinski definition) is 9. The lowest BCUT2D eigenvalue weighted by Gasteiger charge is -2.53. The topological polar surface area (TPSA) is 130 Å². The number of primary amides is 1. The normalized spacial score (nSPS) is 17.1. The van der Waals surface area contributed by atoms with Crippen LogP contribution in [0.2, 0.25) is 0 Å². The molecule has 2 saturated heterocycles. The molecular formula is C30H45FN8O3. The minimum atomic E-state index is -0.514. The third-order valence-electron chi connectivity index (χ3n) is 8.39. The number of likely N-dealkylation sites (tertiary alicyclic amines) is 1. The maximum Gasteiger partial charge on any atom is 0.282 e. The SMILES string of the molecule is CCN(C(=O)c1cc(F)ccc1Oc1nncnc1N1CCC2(C1)CN([C@H](CCNCCC(N)=O)C(C)C)C2)C(C)C. The number of halogens is 1. The van der Waals surface area contributed by atoms with Crippen LogP contribution in [-0.4, -0.2) is 94.7 Å². The van der Waals surface area contributed by atoms with Crippen LogP contribution < -0.4 is 20.7 Å². The number of carbonyl (C=O) groups excluding carboxylic acids is 2. The number of nitrogens with two attached hydrogens (primary N) is 1. The van der Waals surface area contributed by atoms with Crippen LogP contribution in [0.25, 0.3) is 0 Å². The highest BCUT2D eigenvalue weighted by molar-refractivity contribution is 5.97. The zero-order chi connectivity index (χ0) is 30.4. The van der Waals surface area contributed by atoms with Gasteiger partial charge >= 0.3 is 0 Å².